The molecule has 0 aromatic heterocycles. The molecule has 0 bridgehead atoms. The van der Waals surface area contributed by atoms with E-state index in [0.29, 0.717) is 0 Å². The van der Waals surface area contributed by atoms with Crippen molar-refractivity contribution in [1.82, 2.24) is 10.6 Å². The molecule has 0 aliphatic rings. The van der Waals surface area contributed by atoms with Crippen LogP contribution in [0.25, 0.3) is 0 Å². The van der Waals surface area contributed by atoms with E-state index in [2.05, 4.69) is 17.2 Å². The molecule has 74 valence electrons. The molecule has 5 heteroatoms. The Kier molecular flexibility index (Phi) is 6.53. The fourth-order valence-corrected chi connectivity index (χ4v) is 0.697. The molecule has 3 N–H and O–H groups in total. The van der Waals surface area contributed by atoms with Crippen LogP contribution in [0.3, 0.4) is 0 Å². The van der Waals surface area contributed by atoms with Gasteiger partial charge in [-0.25, -0.2) is 0 Å². The maximum atomic E-state index is 10.9. The van der Waals surface area contributed by atoms with Crippen molar-refractivity contribution in [3.8, 4) is 0 Å². The Balaban J connectivity index is 3.45. The Morgan fingerprint density at radius 2 is 1.92 bits per heavy atom. The fourth-order valence-electron chi connectivity index (χ4n) is 0.697. The highest BCUT2D eigenvalue weighted by Gasteiger charge is 2.04. The lowest BCUT2D eigenvalue weighted by atomic mass is 10.3. The van der Waals surface area contributed by atoms with Crippen molar-refractivity contribution in [3.63, 3.8) is 0 Å². The van der Waals surface area contributed by atoms with Crippen molar-refractivity contribution in [2.24, 2.45) is 0 Å². The summed E-state index contributed by atoms with van der Waals surface area (Å²) in [5, 5.41) is 13.2. The van der Waals surface area contributed by atoms with Crippen molar-refractivity contribution in [2.75, 3.05) is 13.2 Å². The Hall–Kier alpha value is -1.36. The number of nitrogens with one attached hydrogen (secondary N) is 2. The third-order valence-corrected chi connectivity index (χ3v) is 1.28. The topological polar surface area (TPSA) is 78.4 Å². The van der Waals surface area contributed by atoms with Crippen LogP contribution in [0, 0.1) is 0 Å². The number of carbonyl (C=O) groups excluding carboxylic acids is 2. The molecule has 0 aliphatic heterocycles. The third kappa shape index (κ3) is 7.02. The zero-order valence-electron chi connectivity index (χ0n) is 7.38. The van der Waals surface area contributed by atoms with Gasteiger partial charge in [0.25, 0.3) is 0 Å². The number of amides is 2. The first-order valence-corrected chi connectivity index (χ1v) is 3.98. The molecule has 0 saturated heterocycles. The minimum absolute atomic E-state index is 0.0927. The highest BCUT2D eigenvalue weighted by Crippen LogP contribution is 1.88. The summed E-state index contributed by atoms with van der Waals surface area (Å²) < 4.78 is 0. The lowest BCUT2D eigenvalue weighted by molar-refractivity contribution is -0.126. The van der Waals surface area contributed by atoms with Crippen LogP contribution in [-0.2, 0) is 9.59 Å². The van der Waals surface area contributed by atoms with Crippen molar-refractivity contribution in [1.29, 1.82) is 0 Å². The van der Waals surface area contributed by atoms with Gasteiger partial charge in [-0.3, -0.25) is 9.59 Å². The Bertz CT molecular complexity index is 192. The van der Waals surface area contributed by atoms with E-state index < -0.39 is 0 Å². The highest BCUT2D eigenvalue weighted by atomic mass is 16.3. The Labute approximate surface area is 76.8 Å². The van der Waals surface area contributed by atoms with Crippen molar-refractivity contribution in [2.45, 2.75) is 12.8 Å². The summed E-state index contributed by atoms with van der Waals surface area (Å²) in [6, 6.07) is 0. The molecule has 0 unspecified atom stereocenters. The summed E-state index contributed by atoms with van der Waals surface area (Å²) >= 11 is 0. The molecule has 0 spiro atoms. The molecule has 0 aromatic rings. The lowest BCUT2D eigenvalue weighted by Crippen LogP contribution is -2.28. The number of carbonyl (C=O) groups is 2. The van der Waals surface area contributed by atoms with Gasteiger partial charge in [0.2, 0.25) is 11.8 Å². The quantitative estimate of drug-likeness (QED) is 0.505. The number of rotatable bonds is 6. The van der Waals surface area contributed by atoms with Gasteiger partial charge in [0.1, 0.15) is 0 Å². The second-order valence-electron chi connectivity index (χ2n) is 2.35. The summed E-state index contributed by atoms with van der Waals surface area (Å²) in [5.41, 5.74) is 0. The lowest BCUT2D eigenvalue weighted by Gasteiger charge is -2.01. The van der Waals surface area contributed by atoms with E-state index in [1.807, 2.05) is 0 Å². The van der Waals surface area contributed by atoms with E-state index >= 15 is 0 Å². The summed E-state index contributed by atoms with van der Waals surface area (Å²) in [6.07, 6.45) is 1.52. The molecule has 0 saturated carbocycles. The van der Waals surface area contributed by atoms with Gasteiger partial charge >= 0.3 is 0 Å². The number of hydrogen-bond donors (Lipinski definition) is 3. The largest absolute Gasteiger partial charge is 0.395 e. The van der Waals surface area contributed by atoms with Crippen LogP contribution in [0.1, 0.15) is 12.8 Å². The van der Waals surface area contributed by atoms with Crippen LogP contribution in [-0.4, -0.2) is 30.1 Å². The van der Waals surface area contributed by atoms with Gasteiger partial charge in [0.05, 0.1) is 6.61 Å². The molecular weight excluding hydrogens is 172 g/mol. The zero-order chi connectivity index (χ0) is 10.1. The molecule has 0 rings (SSSR count). The molecule has 0 aromatic carbocycles. The van der Waals surface area contributed by atoms with Gasteiger partial charge in [0.15, 0.2) is 0 Å². The molecule has 0 atom stereocenters. The molecule has 0 radical (unpaired) electrons. The maximum Gasteiger partial charge on any atom is 0.224 e. The van der Waals surface area contributed by atoms with Gasteiger partial charge in [-0.2, -0.15) is 0 Å². The first-order valence-electron chi connectivity index (χ1n) is 3.98. The van der Waals surface area contributed by atoms with E-state index in [1.165, 1.54) is 6.20 Å². The summed E-state index contributed by atoms with van der Waals surface area (Å²) in [5.74, 6) is -0.484. The van der Waals surface area contributed by atoms with Gasteiger partial charge < -0.3 is 15.7 Å². The minimum atomic E-state index is -0.242. The number of hydrogen-bond acceptors (Lipinski definition) is 3. The zero-order valence-corrected chi connectivity index (χ0v) is 7.38. The van der Waals surface area contributed by atoms with Crippen LogP contribution in [0.5, 0.6) is 0 Å². The molecule has 2 amide bonds. The smallest absolute Gasteiger partial charge is 0.224 e. The van der Waals surface area contributed by atoms with E-state index in [1.54, 1.807) is 0 Å². The Morgan fingerprint density at radius 1 is 1.31 bits per heavy atom. The summed E-state index contributed by atoms with van der Waals surface area (Å²) in [4.78, 5) is 21.7. The monoisotopic (exact) mass is 186 g/mol. The summed E-state index contributed by atoms with van der Waals surface area (Å²) in [6.45, 7) is 3.44. The van der Waals surface area contributed by atoms with E-state index in [-0.39, 0.29) is 37.8 Å². The highest BCUT2D eigenvalue weighted by molar-refractivity contribution is 5.84. The SMILES string of the molecule is C=CNC(=O)CCC(=O)NCCO. The van der Waals surface area contributed by atoms with Gasteiger partial charge in [0, 0.05) is 19.4 Å². The maximum absolute atomic E-state index is 10.9. The molecule has 0 aliphatic carbocycles. The van der Waals surface area contributed by atoms with Crippen LogP contribution < -0.4 is 10.6 Å². The predicted molar refractivity (Wildman–Crippen MR) is 47.7 cm³/mol. The van der Waals surface area contributed by atoms with E-state index in [0.717, 1.165) is 0 Å². The third-order valence-electron chi connectivity index (χ3n) is 1.28. The van der Waals surface area contributed by atoms with Crippen molar-refractivity contribution >= 4 is 11.8 Å². The van der Waals surface area contributed by atoms with E-state index in [9.17, 15) is 9.59 Å². The normalized spacial score (nSPS) is 9.00. The van der Waals surface area contributed by atoms with Crippen LogP contribution >= 0.6 is 0 Å². The fraction of sp³-hybridized carbons (Fsp3) is 0.500. The van der Waals surface area contributed by atoms with Crippen LogP contribution in [0.4, 0.5) is 0 Å². The summed E-state index contributed by atoms with van der Waals surface area (Å²) in [7, 11) is 0. The van der Waals surface area contributed by atoms with Crippen molar-refractivity contribution in [3.05, 3.63) is 12.8 Å². The average Bonchev–Trinajstić information content (AvgIpc) is 2.12. The molecule has 0 fully saturated rings. The molecule has 13 heavy (non-hydrogen) atoms. The van der Waals surface area contributed by atoms with Crippen LogP contribution in [0.2, 0.25) is 0 Å². The molecule has 5 nitrogen and oxygen atoms in total. The van der Waals surface area contributed by atoms with Gasteiger partial charge in [-0.1, -0.05) is 6.58 Å². The molecular formula is C8H14N2O3. The first-order chi connectivity index (χ1) is 6.20. The Morgan fingerprint density at radius 3 is 2.46 bits per heavy atom. The van der Waals surface area contributed by atoms with Gasteiger partial charge in [-0.05, 0) is 6.20 Å². The first kappa shape index (κ1) is 11.6. The number of aliphatic hydroxyl groups excluding tert-OH is 1. The standard InChI is InChI=1S/C8H14N2O3/c1-2-9-7(12)3-4-8(13)10-5-6-11/h2,11H,1,3-6H2,(H,9,12)(H,10,13). The second-order valence-corrected chi connectivity index (χ2v) is 2.35. The van der Waals surface area contributed by atoms with E-state index in [4.69, 9.17) is 5.11 Å². The van der Waals surface area contributed by atoms with Crippen LogP contribution in [0.15, 0.2) is 12.8 Å². The second kappa shape index (κ2) is 7.30. The average molecular weight is 186 g/mol. The number of aliphatic hydroxyl groups is 1. The molecule has 0 heterocycles. The van der Waals surface area contributed by atoms with Crippen molar-refractivity contribution < 1.29 is 14.7 Å². The minimum Gasteiger partial charge on any atom is -0.395 e. The predicted octanol–water partition coefficient (Wildman–Crippen LogP) is -0.865. The van der Waals surface area contributed by atoms with Gasteiger partial charge in [-0.15, -0.1) is 0 Å².